The van der Waals surface area contributed by atoms with Crippen molar-refractivity contribution in [2.45, 2.75) is 0 Å². The smallest absolute Gasteiger partial charge is 0.310 e. The number of halogens is 1. The SMILES string of the molecule is COc1cc(-c2nc(I)no2)ccc1[N+](=O)[O-]. The molecule has 8 heteroatoms. The van der Waals surface area contributed by atoms with Crippen LogP contribution in [0.15, 0.2) is 22.7 Å². The predicted molar refractivity (Wildman–Crippen MR) is 65.7 cm³/mol. The van der Waals surface area contributed by atoms with Gasteiger partial charge in [0.15, 0.2) is 5.75 Å². The first-order valence-corrected chi connectivity index (χ1v) is 5.51. The summed E-state index contributed by atoms with van der Waals surface area (Å²) in [6.07, 6.45) is 0. The number of hydrogen-bond acceptors (Lipinski definition) is 6. The quantitative estimate of drug-likeness (QED) is 0.481. The molecule has 0 atom stereocenters. The van der Waals surface area contributed by atoms with E-state index in [9.17, 15) is 10.1 Å². The molecule has 0 N–H and O–H groups in total. The van der Waals surface area contributed by atoms with E-state index in [1.165, 1.54) is 25.3 Å². The highest BCUT2D eigenvalue weighted by Gasteiger charge is 2.17. The van der Waals surface area contributed by atoms with E-state index in [-0.39, 0.29) is 11.4 Å². The Kier molecular flexibility index (Phi) is 3.22. The summed E-state index contributed by atoms with van der Waals surface area (Å²) in [5.41, 5.74) is 0.466. The van der Waals surface area contributed by atoms with Gasteiger partial charge in [0.05, 0.1) is 12.0 Å². The van der Waals surface area contributed by atoms with E-state index in [4.69, 9.17) is 9.26 Å². The van der Waals surface area contributed by atoms with Crippen LogP contribution in [0.25, 0.3) is 11.5 Å². The standard InChI is InChI=1S/C9H6IN3O4/c1-16-7-4-5(2-3-6(7)13(14)15)8-11-9(10)12-17-8/h2-4H,1H3. The number of methoxy groups -OCH3 is 1. The maximum absolute atomic E-state index is 10.7. The molecule has 0 unspecified atom stereocenters. The molecule has 0 fully saturated rings. The third-order valence-corrected chi connectivity index (χ3v) is 2.46. The summed E-state index contributed by atoms with van der Waals surface area (Å²) in [5.74, 6) is 0.448. The molecule has 2 aromatic rings. The minimum Gasteiger partial charge on any atom is -0.490 e. The number of nitrogens with zero attached hydrogens (tertiary/aromatic N) is 3. The van der Waals surface area contributed by atoms with Crippen molar-refractivity contribution in [3.63, 3.8) is 0 Å². The molecule has 0 spiro atoms. The Morgan fingerprint density at radius 2 is 2.29 bits per heavy atom. The molecule has 0 saturated carbocycles. The summed E-state index contributed by atoms with van der Waals surface area (Å²) in [4.78, 5) is 14.2. The van der Waals surface area contributed by atoms with Crippen LogP contribution in [0.1, 0.15) is 0 Å². The molecular weight excluding hydrogens is 341 g/mol. The van der Waals surface area contributed by atoms with E-state index in [1.807, 2.05) is 22.6 Å². The monoisotopic (exact) mass is 347 g/mol. The number of ether oxygens (including phenoxy) is 1. The summed E-state index contributed by atoms with van der Waals surface area (Å²) in [7, 11) is 1.36. The largest absolute Gasteiger partial charge is 0.490 e. The molecule has 1 aromatic carbocycles. The predicted octanol–water partition coefficient (Wildman–Crippen LogP) is 2.26. The van der Waals surface area contributed by atoms with Crippen LogP contribution < -0.4 is 4.74 Å². The summed E-state index contributed by atoms with van der Waals surface area (Å²) < 4.78 is 10.4. The fourth-order valence-corrected chi connectivity index (χ4v) is 1.60. The maximum Gasteiger partial charge on any atom is 0.310 e. The average Bonchev–Trinajstić information content (AvgIpc) is 2.75. The molecule has 2 rings (SSSR count). The van der Waals surface area contributed by atoms with Crippen LogP contribution >= 0.6 is 22.6 Å². The lowest BCUT2D eigenvalue weighted by atomic mass is 10.2. The molecule has 88 valence electrons. The summed E-state index contributed by atoms with van der Waals surface area (Å²) in [6, 6.07) is 4.36. The molecule has 0 amide bonds. The minimum atomic E-state index is -0.514. The lowest BCUT2D eigenvalue weighted by molar-refractivity contribution is -0.385. The summed E-state index contributed by atoms with van der Waals surface area (Å²) in [5, 5.41) is 14.3. The lowest BCUT2D eigenvalue weighted by Gasteiger charge is -2.02. The number of nitro benzene ring substituents is 1. The third kappa shape index (κ3) is 2.35. The first kappa shape index (κ1) is 11.8. The fraction of sp³-hybridized carbons (Fsp3) is 0.111. The number of hydrogen-bond donors (Lipinski definition) is 0. The number of rotatable bonds is 3. The van der Waals surface area contributed by atoms with Crippen LogP contribution in [0.3, 0.4) is 0 Å². The zero-order chi connectivity index (χ0) is 12.4. The number of benzene rings is 1. The molecule has 7 nitrogen and oxygen atoms in total. The van der Waals surface area contributed by atoms with Gasteiger partial charge in [0.2, 0.25) is 3.83 Å². The van der Waals surface area contributed by atoms with E-state index < -0.39 is 4.92 Å². The van der Waals surface area contributed by atoms with Crippen LogP contribution in [0.4, 0.5) is 5.69 Å². The topological polar surface area (TPSA) is 91.3 Å². The second-order valence-electron chi connectivity index (χ2n) is 3.01. The van der Waals surface area contributed by atoms with Crippen LogP contribution in [-0.4, -0.2) is 22.2 Å². The van der Waals surface area contributed by atoms with Crippen molar-refractivity contribution in [3.8, 4) is 17.2 Å². The molecule has 1 aromatic heterocycles. The molecule has 17 heavy (non-hydrogen) atoms. The van der Waals surface area contributed by atoms with Crippen molar-refractivity contribution < 1.29 is 14.2 Å². The van der Waals surface area contributed by atoms with Crippen LogP contribution in [0, 0.1) is 13.9 Å². The molecule has 1 heterocycles. The van der Waals surface area contributed by atoms with Crippen molar-refractivity contribution in [2.24, 2.45) is 0 Å². The highest BCUT2D eigenvalue weighted by Crippen LogP contribution is 2.31. The van der Waals surface area contributed by atoms with Crippen molar-refractivity contribution in [1.82, 2.24) is 10.1 Å². The van der Waals surface area contributed by atoms with Gasteiger partial charge in [0.25, 0.3) is 5.89 Å². The maximum atomic E-state index is 10.7. The first-order chi connectivity index (χ1) is 8.11. The van der Waals surface area contributed by atoms with Crippen LogP contribution in [0.5, 0.6) is 5.75 Å². The molecule has 0 aliphatic heterocycles. The van der Waals surface area contributed by atoms with Crippen LogP contribution in [0.2, 0.25) is 0 Å². The van der Waals surface area contributed by atoms with E-state index in [1.54, 1.807) is 0 Å². The Labute approximate surface area is 109 Å². The van der Waals surface area contributed by atoms with Gasteiger partial charge in [0.1, 0.15) is 0 Å². The molecule has 0 saturated heterocycles. The van der Waals surface area contributed by atoms with Crippen molar-refractivity contribution in [1.29, 1.82) is 0 Å². The highest BCUT2D eigenvalue weighted by atomic mass is 127. The first-order valence-electron chi connectivity index (χ1n) is 4.44. The van der Waals surface area contributed by atoms with Gasteiger partial charge < -0.3 is 9.26 Å². The lowest BCUT2D eigenvalue weighted by Crippen LogP contribution is -1.94. The Morgan fingerprint density at radius 1 is 1.53 bits per heavy atom. The van der Waals surface area contributed by atoms with Gasteiger partial charge in [-0.2, -0.15) is 4.98 Å². The number of aromatic nitrogens is 2. The minimum absolute atomic E-state index is 0.106. The average molecular weight is 347 g/mol. The van der Waals surface area contributed by atoms with Gasteiger partial charge in [0, 0.05) is 40.3 Å². The normalized spacial score (nSPS) is 10.2. The Balaban J connectivity index is 2.48. The number of nitro groups is 1. The van der Waals surface area contributed by atoms with Gasteiger partial charge in [-0.05, 0) is 6.07 Å². The molecular formula is C9H6IN3O4. The van der Waals surface area contributed by atoms with Crippen molar-refractivity contribution >= 4 is 28.3 Å². The Bertz CT molecular complexity index is 569. The Hall–Kier alpha value is -1.71. The zero-order valence-electron chi connectivity index (χ0n) is 8.58. The second-order valence-corrected chi connectivity index (χ2v) is 3.98. The summed E-state index contributed by atoms with van der Waals surface area (Å²) >= 11 is 1.91. The fourth-order valence-electron chi connectivity index (χ4n) is 1.28. The van der Waals surface area contributed by atoms with E-state index in [0.717, 1.165) is 0 Å². The van der Waals surface area contributed by atoms with E-state index in [0.29, 0.717) is 15.3 Å². The molecule has 0 radical (unpaired) electrons. The summed E-state index contributed by atoms with van der Waals surface area (Å²) in [6.45, 7) is 0. The van der Waals surface area contributed by atoms with Gasteiger partial charge in [-0.25, -0.2) is 0 Å². The zero-order valence-corrected chi connectivity index (χ0v) is 10.7. The Morgan fingerprint density at radius 3 is 2.82 bits per heavy atom. The van der Waals surface area contributed by atoms with Crippen molar-refractivity contribution in [2.75, 3.05) is 7.11 Å². The van der Waals surface area contributed by atoms with Gasteiger partial charge in [-0.3, -0.25) is 10.1 Å². The van der Waals surface area contributed by atoms with Gasteiger partial charge >= 0.3 is 5.69 Å². The van der Waals surface area contributed by atoms with E-state index >= 15 is 0 Å². The van der Waals surface area contributed by atoms with Crippen LogP contribution in [-0.2, 0) is 0 Å². The van der Waals surface area contributed by atoms with Crippen molar-refractivity contribution in [3.05, 3.63) is 32.1 Å². The molecule has 0 aliphatic carbocycles. The second kappa shape index (κ2) is 4.65. The highest BCUT2D eigenvalue weighted by molar-refractivity contribution is 14.1. The molecule has 0 bridgehead atoms. The van der Waals surface area contributed by atoms with Gasteiger partial charge in [-0.1, -0.05) is 5.16 Å². The van der Waals surface area contributed by atoms with E-state index in [2.05, 4.69) is 10.1 Å². The van der Waals surface area contributed by atoms with Gasteiger partial charge in [-0.15, -0.1) is 0 Å². The third-order valence-electron chi connectivity index (χ3n) is 2.02. The molecule has 0 aliphatic rings.